The van der Waals surface area contributed by atoms with Crippen LogP contribution in [0.4, 0.5) is 15.8 Å². The van der Waals surface area contributed by atoms with Gasteiger partial charge in [-0.1, -0.05) is 0 Å². The lowest BCUT2D eigenvalue weighted by molar-refractivity contribution is -0.146. The molecule has 6 nitrogen and oxygen atoms in total. The zero-order chi connectivity index (χ0) is 18.0. The number of imide groups is 1. The fourth-order valence-corrected chi connectivity index (χ4v) is 3.38. The van der Waals surface area contributed by atoms with E-state index in [0.29, 0.717) is 37.3 Å². The normalized spacial score (nSPS) is 22.2. The van der Waals surface area contributed by atoms with Crippen LogP contribution in [-0.2, 0) is 14.4 Å². The molecule has 0 spiro atoms. The van der Waals surface area contributed by atoms with E-state index in [4.69, 9.17) is 0 Å². The van der Waals surface area contributed by atoms with Crippen molar-refractivity contribution in [3.05, 3.63) is 24.0 Å². The Morgan fingerprint density at radius 2 is 1.92 bits per heavy atom. The number of nitrogens with one attached hydrogen (secondary N) is 1. The lowest BCUT2D eigenvalue weighted by Gasteiger charge is -2.32. The van der Waals surface area contributed by atoms with Gasteiger partial charge in [0, 0.05) is 38.2 Å². The second-order valence-electron chi connectivity index (χ2n) is 6.65. The number of hydrogen-bond acceptors (Lipinski definition) is 5. The van der Waals surface area contributed by atoms with Gasteiger partial charge in [-0.2, -0.15) is 0 Å². The Hall–Kier alpha value is -2.44. The van der Waals surface area contributed by atoms with Crippen molar-refractivity contribution in [1.82, 2.24) is 4.90 Å². The summed E-state index contributed by atoms with van der Waals surface area (Å²) in [7, 11) is 1.46. The number of nitrogens with zero attached hydrogens (tertiary/aromatic N) is 2. The van der Waals surface area contributed by atoms with E-state index >= 15 is 0 Å². The van der Waals surface area contributed by atoms with Gasteiger partial charge >= 0.3 is 0 Å². The predicted octanol–water partition coefficient (Wildman–Crippen LogP) is 1.80. The van der Waals surface area contributed by atoms with E-state index in [9.17, 15) is 18.8 Å². The van der Waals surface area contributed by atoms with Crippen molar-refractivity contribution in [2.45, 2.75) is 31.7 Å². The Morgan fingerprint density at radius 3 is 2.56 bits per heavy atom. The molecule has 0 bridgehead atoms. The van der Waals surface area contributed by atoms with Crippen molar-refractivity contribution >= 4 is 29.5 Å². The molecular formula is C18H22FN3O3. The van der Waals surface area contributed by atoms with Crippen molar-refractivity contribution in [2.24, 2.45) is 5.92 Å². The van der Waals surface area contributed by atoms with E-state index < -0.39 is 6.04 Å². The summed E-state index contributed by atoms with van der Waals surface area (Å²) in [5.74, 6) is -0.778. The monoisotopic (exact) mass is 347 g/mol. The average Bonchev–Trinajstić information content (AvgIpc) is 2.62. The highest BCUT2D eigenvalue weighted by molar-refractivity contribution is 6.01. The van der Waals surface area contributed by atoms with Crippen molar-refractivity contribution in [2.75, 3.05) is 30.4 Å². The van der Waals surface area contributed by atoms with Crippen LogP contribution >= 0.6 is 0 Å². The van der Waals surface area contributed by atoms with E-state index in [1.165, 1.54) is 13.1 Å². The summed E-state index contributed by atoms with van der Waals surface area (Å²) in [4.78, 5) is 37.5. The van der Waals surface area contributed by atoms with Gasteiger partial charge in [0.05, 0.1) is 5.69 Å². The van der Waals surface area contributed by atoms with Crippen LogP contribution in [0.3, 0.4) is 0 Å². The summed E-state index contributed by atoms with van der Waals surface area (Å²) < 4.78 is 14.5. The van der Waals surface area contributed by atoms with E-state index in [0.717, 1.165) is 24.0 Å². The smallest absolute Gasteiger partial charge is 0.251 e. The Kier molecular flexibility index (Phi) is 5.01. The maximum atomic E-state index is 14.5. The molecule has 0 saturated carbocycles. The molecule has 0 aliphatic carbocycles. The highest BCUT2D eigenvalue weighted by Gasteiger charge is 2.31. The molecule has 1 N–H and O–H groups in total. The molecule has 134 valence electrons. The fourth-order valence-electron chi connectivity index (χ4n) is 3.38. The van der Waals surface area contributed by atoms with Crippen molar-refractivity contribution in [3.8, 4) is 0 Å². The first-order valence-corrected chi connectivity index (χ1v) is 8.56. The number of aldehydes is 1. The van der Waals surface area contributed by atoms with E-state index in [-0.39, 0.29) is 23.5 Å². The number of rotatable bonds is 4. The molecule has 2 amide bonds. The molecule has 0 aromatic heterocycles. The number of piperidine rings is 2. The van der Waals surface area contributed by atoms with Gasteiger partial charge in [0.15, 0.2) is 0 Å². The molecule has 1 aromatic carbocycles. The quantitative estimate of drug-likeness (QED) is 0.664. The summed E-state index contributed by atoms with van der Waals surface area (Å²) in [6.45, 7) is 1.31. The van der Waals surface area contributed by atoms with Gasteiger partial charge in [0.2, 0.25) is 5.91 Å². The predicted molar refractivity (Wildman–Crippen MR) is 91.8 cm³/mol. The van der Waals surface area contributed by atoms with Gasteiger partial charge in [0.25, 0.3) is 5.91 Å². The lowest BCUT2D eigenvalue weighted by atomic mass is 9.98. The van der Waals surface area contributed by atoms with Crippen molar-refractivity contribution in [3.63, 3.8) is 0 Å². The van der Waals surface area contributed by atoms with Crippen LogP contribution in [0, 0.1) is 11.7 Å². The lowest BCUT2D eigenvalue weighted by Crippen LogP contribution is -2.48. The highest BCUT2D eigenvalue weighted by Crippen LogP contribution is 2.28. The van der Waals surface area contributed by atoms with Crippen LogP contribution < -0.4 is 10.2 Å². The summed E-state index contributed by atoms with van der Waals surface area (Å²) in [6, 6.07) is 4.30. The van der Waals surface area contributed by atoms with E-state index in [2.05, 4.69) is 5.32 Å². The summed E-state index contributed by atoms with van der Waals surface area (Å²) in [6.07, 6.45) is 3.15. The Labute approximate surface area is 146 Å². The Balaban J connectivity index is 1.67. The first-order chi connectivity index (χ1) is 12.0. The second-order valence-corrected chi connectivity index (χ2v) is 6.65. The molecule has 2 saturated heterocycles. The van der Waals surface area contributed by atoms with Gasteiger partial charge in [0.1, 0.15) is 18.1 Å². The molecule has 2 heterocycles. The molecule has 25 heavy (non-hydrogen) atoms. The zero-order valence-corrected chi connectivity index (χ0v) is 14.2. The maximum Gasteiger partial charge on any atom is 0.251 e. The number of benzene rings is 1. The number of carbonyl (C=O) groups is 3. The van der Waals surface area contributed by atoms with Gasteiger partial charge < -0.3 is 15.0 Å². The minimum atomic E-state index is -0.517. The molecule has 2 fully saturated rings. The number of likely N-dealkylation sites (tertiary alicyclic amines) is 1. The van der Waals surface area contributed by atoms with Crippen LogP contribution in [0.1, 0.15) is 25.7 Å². The topological polar surface area (TPSA) is 69.7 Å². The number of anilines is 2. The summed E-state index contributed by atoms with van der Waals surface area (Å²) in [5, 5.41) is 3.02. The van der Waals surface area contributed by atoms with Crippen LogP contribution in [0.25, 0.3) is 0 Å². The second kappa shape index (κ2) is 7.21. The minimum Gasteiger partial charge on any atom is -0.374 e. The largest absolute Gasteiger partial charge is 0.374 e. The molecule has 1 unspecified atom stereocenters. The molecule has 2 aliphatic rings. The van der Waals surface area contributed by atoms with Gasteiger partial charge in [-0.15, -0.1) is 0 Å². The number of likely N-dealkylation sites (N-methyl/N-ethyl adjacent to an activating group) is 1. The van der Waals surface area contributed by atoms with E-state index in [1.54, 1.807) is 12.1 Å². The Morgan fingerprint density at radius 1 is 1.20 bits per heavy atom. The van der Waals surface area contributed by atoms with Gasteiger partial charge in [-0.3, -0.25) is 14.5 Å². The number of halogens is 1. The zero-order valence-electron chi connectivity index (χ0n) is 14.2. The van der Waals surface area contributed by atoms with Crippen molar-refractivity contribution < 1.29 is 18.8 Å². The molecule has 7 heteroatoms. The standard InChI is InChI=1S/C18H22FN3O3/c1-21-17(24)5-3-15(18(21)25)20-13-2-4-16(14(19)10-13)22-8-6-12(11-23)7-9-22/h2,4,10-12,15,20H,3,5-9H2,1H3. The molecule has 0 radical (unpaired) electrons. The molecule has 2 aliphatic heterocycles. The maximum absolute atomic E-state index is 14.5. The minimum absolute atomic E-state index is 0.0669. The van der Waals surface area contributed by atoms with Gasteiger partial charge in [-0.25, -0.2) is 4.39 Å². The van der Waals surface area contributed by atoms with E-state index in [1.807, 2.05) is 4.90 Å². The van der Waals surface area contributed by atoms with Crippen LogP contribution in [0.5, 0.6) is 0 Å². The first kappa shape index (κ1) is 17.4. The molecule has 1 aromatic rings. The fraction of sp³-hybridized carbons (Fsp3) is 0.500. The number of hydrogen-bond donors (Lipinski definition) is 1. The number of carbonyl (C=O) groups excluding carboxylic acids is 3. The van der Waals surface area contributed by atoms with Crippen molar-refractivity contribution in [1.29, 1.82) is 0 Å². The third kappa shape index (κ3) is 3.65. The molecular weight excluding hydrogens is 325 g/mol. The Bertz CT molecular complexity index is 686. The summed E-state index contributed by atoms with van der Waals surface area (Å²) in [5.41, 5.74) is 1.03. The third-order valence-electron chi connectivity index (χ3n) is 5.01. The highest BCUT2D eigenvalue weighted by atomic mass is 19.1. The first-order valence-electron chi connectivity index (χ1n) is 8.56. The average molecular weight is 347 g/mol. The third-order valence-corrected chi connectivity index (χ3v) is 5.01. The van der Waals surface area contributed by atoms with Crippen LogP contribution in [-0.4, -0.2) is 49.2 Å². The number of amides is 2. The van der Waals surface area contributed by atoms with Crippen LogP contribution in [0.2, 0.25) is 0 Å². The molecule has 1 atom stereocenters. The summed E-state index contributed by atoms with van der Waals surface area (Å²) >= 11 is 0. The van der Waals surface area contributed by atoms with Crippen LogP contribution in [0.15, 0.2) is 18.2 Å². The SMILES string of the molecule is CN1C(=O)CCC(Nc2ccc(N3CCC(C=O)CC3)c(F)c2)C1=O. The van der Waals surface area contributed by atoms with Gasteiger partial charge in [-0.05, 0) is 37.5 Å². The molecule has 3 rings (SSSR count).